The first-order valence-electron chi connectivity index (χ1n) is 4.24. The predicted octanol–water partition coefficient (Wildman–Crippen LogP) is 1.14. The molecule has 1 aromatic rings. The monoisotopic (exact) mass is 195 g/mol. The van der Waals surface area contributed by atoms with Gasteiger partial charge in [-0.1, -0.05) is 42.5 Å². The van der Waals surface area contributed by atoms with Gasteiger partial charge in [-0.05, 0) is 12.0 Å². The number of aliphatic hydroxyl groups is 1. The van der Waals surface area contributed by atoms with Gasteiger partial charge in [-0.15, -0.1) is 0 Å². The van der Waals surface area contributed by atoms with Crippen LogP contribution in [-0.2, 0) is 6.42 Å². The van der Waals surface area contributed by atoms with Crippen molar-refractivity contribution in [3.63, 3.8) is 0 Å². The van der Waals surface area contributed by atoms with E-state index in [2.05, 4.69) is 17.4 Å². The third kappa shape index (κ3) is 4.01. The fourth-order valence-corrected chi connectivity index (χ4v) is 1.15. The number of hydrogen-bond acceptors (Lipinski definition) is 2. The molecule has 0 amide bonds. The van der Waals surface area contributed by atoms with Crippen molar-refractivity contribution in [2.45, 2.75) is 6.42 Å². The van der Waals surface area contributed by atoms with Crippen LogP contribution in [-0.4, -0.2) is 23.2 Å². The zero-order chi connectivity index (χ0) is 9.52. The summed E-state index contributed by atoms with van der Waals surface area (Å²) in [6.45, 7) is 0.716. The van der Waals surface area contributed by atoms with Crippen molar-refractivity contribution in [1.29, 1.82) is 0 Å². The molecule has 0 fully saturated rings. The molecule has 0 atom stereocenters. The third-order valence-electron chi connectivity index (χ3n) is 1.72. The Labute approximate surface area is 83.6 Å². The highest BCUT2D eigenvalue weighted by molar-refractivity contribution is 7.80. The van der Waals surface area contributed by atoms with Gasteiger partial charge in [0, 0.05) is 6.54 Å². The minimum Gasteiger partial charge on any atom is -0.389 e. The second-order valence-electron chi connectivity index (χ2n) is 2.74. The fourth-order valence-electron chi connectivity index (χ4n) is 1.05. The van der Waals surface area contributed by atoms with Crippen molar-refractivity contribution in [3.8, 4) is 0 Å². The molecular weight excluding hydrogens is 182 g/mol. The SMILES string of the molecule is OCC(=S)NCCc1ccccc1. The summed E-state index contributed by atoms with van der Waals surface area (Å²) in [4.78, 5) is 0.510. The minimum atomic E-state index is -0.0654. The molecule has 3 heteroatoms. The molecule has 0 saturated heterocycles. The number of nitrogens with one attached hydrogen (secondary N) is 1. The summed E-state index contributed by atoms with van der Waals surface area (Å²) in [6, 6.07) is 10.2. The second kappa shape index (κ2) is 5.67. The van der Waals surface area contributed by atoms with Crippen LogP contribution in [0.4, 0.5) is 0 Å². The summed E-state index contributed by atoms with van der Waals surface area (Å²) in [7, 11) is 0. The van der Waals surface area contributed by atoms with Crippen LogP contribution in [0.3, 0.4) is 0 Å². The molecule has 0 aliphatic rings. The minimum absolute atomic E-state index is 0.0654. The smallest absolute Gasteiger partial charge is 0.101 e. The summed E-state index contributed by atoms with van der Waals surface area (Å²) < 4.78 is 0. The first-order chi connectivity index (χ1) is 6.33. The van der Waals surface area contributed by atoms with Crippen molar-refractivity contribution in [2.75, 3.05) is 13.2 Å². The van der Waals surface area contributed by atoms with E-state index in [0.29, 0.717) is 4.99 Å². The average Bonchev–Trinajstić information content (AvgIpc) is 2.19. The lowest BCUT2D eigenvalue weighted by Crippen LogP contribution is -2.26. The Morgan fingerprint density at radius 3 is 2.62 bits per heavy atom. The van der Waals surface area contributed by atoms with Crippen LogP contribution in [0.5, 0.6) is 0 Å². The van der Waals surface area contributed by atoms with E-state index in [0.717, 1.165) is 13.0 Å². The van der Waals surface area contributed by atoms with E-state index in [1.165, 1.54) is 5.56 Å². The molecule has 0 spiro atoms. The molecule has 0 aliphatic heterocycles. The Kier molecular flexibility index (Phi) is 4.43. The van der Waals surface area contributed by atoms with E-state index in [1.54, 1.807) is 0 Å². The van der Waals surface area contributed by atoms with Crippen molar-refractivity contribution in [3.05, 3.63) is 35.9 Å². The summed E-state index contributed by atoms with van der Waals surface area (Å²) in [5.74, 6) is 0. The van der Waals surface area contributed by atoms with E-state index in [1.807, 2.05) is 18.2 Å². The summed E-state index contributed by atoms with van der Waals surface area (Å²) in [5, 5.41) is 11.6. The molecule has 2 N–H and O–H groups in total. The van der Waals surface area contributed by atoms with E-state index < -0.39 is 0 Å². The highest BCUT2D eigenvalue weighted by atomic mass is 32.1. The molecule has 0 aromatic heterocycles. The van der Waals surface area contributed by atoms with Crippen LogP contribution in [0.1, 0.15) is 5.56 Å². The van der Waals surface area contributed by atoms with Crippen LogP contribution in [0.25, 0.3) is 0 Å². The molecule has 13 heavy (non-hydrogen) atoms. The summed E-state index contributed by atoms with van der Waals surface area (Å²) in [5.41, 5.74) is 1.27. The van der Waals surface area contributed by atoms with E-state index in [9.17, 15) is 0 Å². The lowest BCUT2D eigenvalue weighted by atomic mass is 10.1. The predicted molar refractivity (Wildman–Crippen MR) is 57.8 cm³/mol. The topological polar surface area (TPSA) is 32.3 Å². The molecule has 0 saturated carbocycles. The van der Waals surface area contributed by atoms with Crippen molar-refractivity contribution < 1.29 is 5.11 Å². The van der Waals surface area contributed by atoms with Gasteiger partial charge in [0.1, 0.15) is 4.99 Å². The normalized spacial score (nSPS) is 9.62. The Balaban J connectivity index is 2.24. The van der Waals surface area contributed by atoms with Gasteiger partial charge in [0.25, 0.3) is 0 Å². The third-order valence-corrected chi connectivity index (χ3v) is 2.00. The lowest BCUT2D eigenvalue weighted by Gasteiger charge is -2.04. The lowest BCUT2D eigenvalue weighted by molar-refractivity contribution is 0.355. The largest absolute Gasteiger partial charge is 0.389 e. The Morgan fingerprint density at radius 2 is 2.00 bits per heavy atom. The van der Waals surface area contributed by atoms with Gasteiger partial charge in [-0.3, -0.25) is 0 Å². The van der Waals surface area contributed by atoms with Crippen LogP contribution in [0.15, 0.2) is 30.3 Å². The standard InChI is InChI=1S/C10H13NOS/c12-8-10(13)11-7-6-9-4-2-1-3-5-9/h1-5,12H,6-8H2,(H,11,13). The maximum atomic E-state index is 8.63. The zero-order valence-electron chi connectivity index (χ0n) is 7.36. The molecule has 70 valence electrons. The molecule has 1 aromatic carbocycles. The number of rotatable bonds is 4. The van der Waals surface area contributed by atoms with Gasteiger partial charge in [-0.2, -0.15) is 0 Å². The maximum absolute atomic E-state index is 8.63. The molecule has 0 heterocycles. The first-order valence-corrected chi connectivity index (χ1v) is 4.65. The highest BCUT2D eigenvalue weighted by Gasteiger charge is 1.93. The van der Waals surface area contributed by atoms with Crippen LogP contribution in [0.2, 0.25) is 0 Å². The van der Waals surface area contributed by atoms with E-state index >= 15 is 0 Å². The van der Waals surface area contributed by atoms with Crippen LogP contribution < -0.4 is 5.32 Å². The molecule has 2 nitrogen and oxygen atoms in total. The van der Waals surface area contributed by atoms with Crippen molar-refractivity contribution in [1.82, 2.24) is 5.32 Å². The van der Waals surface area contributed by atoms with Gasteiger partial charge < -0.3 is 10.4 Å². The summed E-state index contributed by atoms with van der Waals surface area (Å²) in [6.07, 6.45) is 0.932. The van der Waals surface area contributed by atoms with Gasteiger partial charge in [0.15, 0.2) is 0 Å². The molecular formula is C10H13NOS. The van der Waals surface area contributed by atoms with Crippen LogP contribution >= 0.6 is 12.2 Å². The number of thiocarbonyl (C=S) groups is 1. The molecule has 0 unspecified atom stereocenters. The fraction of sp³-hybridized carbons (Fsp3) is 0.300. The Morgan fingerprint density at radius 1 is 1.31 bits per heavy atom. The van der Waals surface area contributed by atoms with Crippen molar-refractivity contribution in [2.24, 2.45) is 0 Å². The van der Waals surface area contributed by atoms with E-state index in [4.69, 9.17) is 17.3 Å². The van der Waals surface area contributed by atoms with Gasteiger partial charge >= 0.3 is 0 Å². The van der Waals surface area contributed by atoms with Gasteiger partial charge in [0.05, 0.1) is 6.61 Å². The average molecular weight is 195 g/mol. The molecule has 1 rings (SSSR count). The van der Waals surface area contributed by atoms with Gasteiger partial charge in [0.2, 0.25) is 0 Å². The molecule has 0 radical (unpaired) electrons. The quantitative estimate of drug-likeness (QED) is 0.707. The van der Waals surface area contributed by atoms with Crippen molar-refractivity contribution >= 4 is 17.2 Å². The van der Waals surface area contributed by atoms with E-state index in [-0.39, 0.29) is 6.61 Å². The first kappa shape index (κ1) is 10.2. The molecule has 0 aliphatic carbocycles. The Bertz CT molecular complexity index is 261. The molecule has 0 bridgehead atoms. The maximum Gasteiger partial charge on any atom is 0.101 e. The van der Waals surface area contributed by atoms with Gasteiger partial charge in [-0.25, -0.2) is 0 Å². The van der Waals surface area contributed by atoms with Crippen LogP contribution in [0, 0.1) is 0 Å². The highest BCUT2D eigenvalue weighted by Crippen LogP contribution is 1.97. The zero-order valence-corrected chi connectivity index (χ0v) is 8.18. The number of hydrogen-bond donors (Lipinski definition) is 2. The number of benzene rings is 1. The second-order valence-corrected chi connectivity index (χ2v) is 3.24. The summed E-state index contributed by atoms with van der Waals surface area (Å²) >= 11 is 4.81. The Hall–Kier alpha value is -0.930. The number of aliphatic hydroxyl groups excluding tert-OH is 1.